The van der Waals surface area contributed by atoms with E-state index in [4.69, 9.17) is 19.6 Å². The molecule has 4 aromatic carbocycles. The van der Waals surface area contributed by atoms with Crippen molar-refractivity contribution in [2.45, 2.75) is 30.9 Å². The van der Waals surface area contributed by atoms with Crippen LogP contribution >= 0.6 is 31.9 Å². The van der Waals surface area contributed by atoms with Gasteiger partial charge < -0.3 is 14.6 Å². The van der Waals surface area contributed by atoms with Gasteiger partial charge >= 0.3 is 0 Å². The Hall–Kier alpha value is -3.57. The fourth-order valence-electron chi connectivity index (χ4n) is 4.97. The minimum atomic E-state index is -1.37. The Morgan fingerprint density at radius 1 is 0.955 bits per heavy atom. The number of aliphatic imine (C=N–C) groups is 1. The molecule has 2 atom stereocenters. The lowest BCUT2D eigenvalue weighted by Crippen LogP contribution is -2.54. The number of halogens is 3. The van der Waals surface area contributed by atoms with Crippen LogP contribution in [0.4, 0.5) is 4.39 Å². The molecule has 0 fully saturated rings. The smallest absolute Gasteiger partial charge is 0.266 e. The van der Waals surface area contributed by atoms with Crippen molar-refractivity contribution in [3.05, 3.63) is 134 Å². The second-order valence-corrected chi connectivity index (χ2v) is 12.1. The zero-order valence-corrected chi connectivity index (χ0v) is 27.0. The maximum absolute atomic E-state index is 14.3. The number of nitrogens with zero attached hydrogens (tertiary/aromatic N) is 1. The summed E-state index contributed by atoms with van der Waals surface area (Å²) in [5.74, 6) is 0.361. The Kier molecular flexibility index (Phi) is 10.8. The van der Waals surface area contributed by atoms with Crippen molar-refractivity contribution < 1.29 is 23.8 Å². The van der Waals surface area contributed by atoms with Gasteiger partial charge in [-0.1, -0.05) is 74.3 Å². The number of nitrogens with one attached hydrogen (secondary N) is 2. The van der Waals surface area contributed by atoms with Gasteiger partial charge in [0.05, 0.1) is 6.61 Å². The average Bonchev–Trinajstić information content (AvgIpc) is 3.42. The van der Waals surface area contributed by atoms with Crippen molar-refractivity contribution in [1.82, 2.24) is 10.9 Å². The third-order valence-electron chi connectivity index (χ3n) is 7.26. The molecule has 1 amide bonds. The first-order valence-corrected chi connectivity index (χ1v) is 15.8. The molecule has 7 nitrogen and oxygen atoms in total. The summed E-state index contributed by atoms with van der Waals surface area (Å²) in [6.07, 6.45) is 0.641. The molecule has 0 radical (unpaired) electrons. The van der Waals surface area contributed by atoms with Crippen LogP contribution in [0.1, 0.15) is 34.8 Å². The predicted octanol–water partition coefficient (Wildman–Crippen LogP) is 6.48. The molecule has 1 aliphatic heterocycles. The van der Waals surface area contributed by atoms with E-state index in [1.54, 1.807) is 12.1 Å². The number of amides is 1. The minimum Gasteiger partial charge on any atom is -0.494 e. The molecular weight excluding hydrogens is 693 g/mol. The van der Waals surface area contributed by atoms with Crippen LogP contribution in [0.3, 0.4) is 0 Å². The topological polar surface area (TPSA) is 92.2 Å². The van der Waals surface area contributed by atoms with Crippen molar-refractivity contribution in [2.75, 3.05) is 19.8 Å². The monoisotopic (exact) mass is 723 g/mol. The van der Waals surface area contributed by atoms with E-state index >= 15 is 0 Å². The van der Waals surface area contributed by atoms with Crippen molar-refractivity contribution in [1.29, 1.82) is 0 Å². The van der Waals surface area contributed by atoms with E-state index in [2.05, 4.69) is 42.7 Å². The number of benzene rings is 4. The number of rotatable bonds is 13. The van der Waals surface area contributed by atoms with E-state index in [0.717, 1.165) is 25.6 Å². The Bertz CT molecular complexity index is 1580. The van der Waals surface area contributed by atoms with Crippen LogP contribution in [0.15, 0.2) is 111 Å². The number of ether oxygens (including phenoxy) is 2. The largest absolute Gasteiger partial charge is 0.494 e. The summed E-state index contributed by atoms with van der Waals surface area (Å²) in [5, 5.41) is 9.05. The van der Waals surface area contributed by atoms with Crippen LogP contribution in [0.2, 0.25) is 0 Å². The SMILES string of the molecule is O=C(NNCCc1ccc(F)cc1)[C@@]1(Cc2ccc(Br)cc2)N=C(c2ccc(OCCCO)cc2)O[C@H]1c1ccccc1Br. The van der Waals surface area contributed by atoms with E-state index < -0.39 is 11.6 Å². The van der Waals surface area contributed by atoms with E-state index in [-0.39, 0.29) is 24.8 Å². The molecule has 10 heteroatoms. The van der Waals surface area contributed by atoms with E-state index in [1.807, 2.05) is 72.8 Å². The fraction of sp³-hybridized carbons (Fsp3) is 0.235. The van der Waals surface area contributed by atoms with Gasteiger partial charge in [-0.2, -0.15) is 0 Å². The van der Waals surface area contributed by atoms with Crippen LogP contribution in [0.25, 0.3) is 0 Å². The Morgan fingerprint density at radius 2 is 1.66 bits per heavy atom. The highest BCUT2D eigenvalue weighted by Crippen LogP contribution is 2.44. The normalized spacial score (nSPS) is 17.5. The van der Waals surface area contributed by atoms with Gasteiger partial charge in [-0.3, -0.25) is 10.2 Å². The van der Waals surface area contributed by atoms with Gasteiger partial charge in [0.15, 0.2) is 11.6 Å². The number of carbonyl (C=O) groups is 1. The molecule has 0 saturated carbocycles. The van der Waals surface area contributed by atoms with Crippen LogP contribution in [-0.2, 0) is 22.4 Å². The average molecular weight is 725 g/mol. The number of hydrogen-bond acceptors (Lipinski definition) is 6. The van der Waals surface area contributed by atoms with E-state index in [1.165, 1.54) is 12.1 Å². The molecule has 0 bridgehead atoms. The first kappa shape index (κ1) is 31.8. The summed E-state index contributed by atoms with van der Waals surface area (Å²) in [5.41, 5.74) is 7.91. The maximum atomic E-state index is 14.3. The number of hydrogen-bond donors (Lipinski definition) is 3. The Balaban J connectivity index is 1.47. The number of carbonyl (C=O) groups excluding carboxylic acids is 1. The molecule has 0 unspecified atom stereocenters. The zero-order chi connectivity index (χ0) is 30.9. The molecule has 228 valence electrons. The van der Waals surface area contributed by atoms with Crippen LogP contribution < -0.4 is 15.6 Å². The molecule has 5 rings (SSSR count). The van der Waals surface area contributed by atoms with Gasteiger partial charge in [0.25, 0.3) is 5.91 Å². The van der Waals surface area contributed by atoms with E-state index in [9.17, 15) is 9.18 Å². The second-order valence-electron chi connectivity index (χ2n) is 10.4. The summed E-state index contributed by atoms with van der Waals surface area (Å²) in [7, 11) is 0. The molecule has 4 aromatic rings. The van der Waals surface area contributed by atoms with Crippen molar-refractivity contribution in [3.8, 4) is 5.75 Å². The van der Waals surface area contributed by atoms with Crippen LogP contribution in [0.5, 0.6) is 5.75 Å². The van der Waals surface area contributed by atoms with Crippen LogP contribution in [0, 0.1) is 5.82 Å². The van der Waals surface area contributed by atoms with Crippen molar-refractivity contribution >= 4 is 43.7 Å². The molecular formula is C34H32Br2FN3O4. The highest BCUT2D eigenvalue weighted by Gasteiger charge is 2.53. The zero-order valence-electron chi connectivity index (χ0n) is 23.8. The first-order valence-electron chi connectivity index (χ1n) is 14.3. The van der Waals surface area contributed by atoms with Gasteiger partial charge in [0.2, 0.25) is 5.90 Å². The fourth-order valence-corrected chi connectivity index (χ4v) is 5.73. The number of aliphatic hydroxyl groups excluding tert-OH is 1. The van der Waals surface area contributed by atoms with Gasteiger partial charge in [0.1, 0.15) is 11.6 Å². The molecule has 1 aliphatic rings. The third kappa shape index (κ3) is 7.74. The maximum Gasteiger partial charge on any atom is 0.266 e. The molecule has 44 heavy (non-hydrogen) atoms. The highest BCUT2D eigenvalue weighted by molar-refractivity contribution is 9.10. The summed E-state index contributed by atoms with van der Waals surface area (Å²) < 4.78 is 27.3. The number of hydrazine groups is 1. The van der Waals surface area contributed by atoms with Gasteiger partial charge in [-0.25, -0.2) is 14.8 Å². The first-order chi connectivity index (χ1) is 21.4. The van der Waals surface area contributed by atoms with Crippen molar-refractivity contribution in [2.24, 2.45) is 4.99 Å². The summed E-state index contributed by atoms with van der Waals surface area (Å²) >= 11 is 7.17. The predicted molar refractivity (Wildman–Crippen MR) is 175 cm³/mol. The minimum absolute atomic E-state index is 0.0583. The standard InChI is InChI=1S/C34H32Br2FN3O4/c35-26-12-6-24(7-13-26)22-34(33(42)40-38-19-18-23-8-14-27(37)15-9-23)31(29-4-1-2-5-30(29)36)44-32(39-34)25-10-16-28(17-11-25)43-21-3-20-41/h1-2,4-17,31,38,41H,3,18-22H2,(H,40,42)/t31-,34-/m0/s1. The lowest BCUT2D eigenvalue weighted by atomic mass is 9.82. The quantitative estimate of drug-likeness (QED) is 0.109. The van der Waals surface area contributed by atoms with Crippen LogP contribution in [-0.4, -0.2) is 42.2 Å². The molecule has 1 heterocycles. The highest BCUT2D eigenvalue weighted by atomic mass is 79.9. The molecule has 0 aliphatic carbocycles. The lowest BCUT2D eigenvalue weighted by Gasteiger charge is -2.31. The van der Waals surface area contributed by atoms with Gasteiger partial charge in [0, 0.05) is 46.1 Å². The lowest BCUT2D eigenvalue weighted by molar-refractivity contribution is -0.130. The molecule has 0 spiro atoms. The summed E-state index contributed by atoms with van der Waals surface area (Å²) in [6, 6.07) is 29.1. The molecule has 3 N–H and O–H groups in total. The molecule has 0 aromatic heterocycles. The summed E-state index contributed by atoms with van der Waals surface area (Å²) in [6.45, 7) is 0.894. The molecule has 0 saturated heterocycles. The number of aliphatic hydroxyl groups is 1. The second kappa shape index (κ2) is 14.9. The van der Waals surface area contributed by atoms with Gasteiger partial charge in [-0.15, -0.1) is 0 Å². The van der Waals surface area contributed by atoms with Crippen molar-refractivity contribution in [3.63, 3.8) is 0 Å². The summed E-state index contributed by atoms with van der Waals surface area (Å²) in [4.78, 5) is 19.3. The Labute approximate surface area is 272 Å². The van der Waals surface area contributed by atoms with Gasteiger partial charge in [-0.05, 0) is 72.1 Å². The third-order valence-corrected chi connectivity index (χ3v) is 8.51. The van der Waals surface area contributed by atoms with E-state index in [0.29, 0.717) is 43.2 Å². The Morgan fingerprint density at radius 3 is 2.36 bits per heavy atom.